The van der Waals surface area contributed by atoms with Gasteiger partial charge in [0.05, 0.1) is 17.5 Å². The molecule has 0 radical (unpaired) electrons. The van der Waals surface area contributed by atoms with Crippen molar-refractivity contribution >= 4 is 27.6 Å². The van der Waals surface area contributed by atoms with E-state index in [9.17, 15) is 18.0 Å². The second kappa shape index (κ2) is 6.81. The molecule has 2 aromatic carbocycles. The summed E-state index contributed by atoms with van der Waals surface area (Å²) in [4.78, 5) is 26.5. The predicted octanol–water partition coefficient (Wildman–Crippen LogP) is 3.13. The first-order valence-corrected chi connectivity index (χ1v) is 10.4. The van der Waals surface area contributed by atoms with E-state index in [-0.39, 0.29) is 34.3 Å². The summed E-state index contributed by atoms with van der Waals surface area (Å²) >= 11 is 0. The number of fused-ring (bicyclic) bond motifs is 1. The van der Waals surface area contributed by atoms with E-state index in [1.165, 1.54) is 29.2 Å². The monoisotopic (exact) mass is 385 g/mol. The molecule has 2 aliphatic rings. The van der Waals surface area contributed by atoms with Gasteiger partial charge in [0, 0.05) is 0 Å². The number of benzene rings is 2. The fraction of sp³-hybridized carbons (Fsp3) is 0.300. The highest BCUT2D eigenvalue weighted by Crippen LogP contribution is 2.40. The molecule has 0 aromatic heterocycles. The third kappa shape index (κ3) is 3.23. The van der Waals surface area contributed by atoms with E-state index in [2.05, 4.69) is 0 Å². The van der Waals surface area contributed by atoms with Crippen LogP contribution in [-0.4, -0.2) is 20.2 Å². The Morgan fingerprint density at radius 1 is 0.815 bits per heavy atom. The Labute approximate surface area is 157 Å². The van der Waals surface area contributed by atoms with Crippen molar-refractivity contribution in [3.63, 3.8) is 0 Å². The first-order valence-electron chi connectivity index (χ1n) is 8.95. The molecule has 2 atom stereocenters. The van der Waals surface area contributed by atoms with E-state index in [1.54, 1.807) is 30.3 Å². The van der Waals surface area contributed by atoms with Crippen LogP contribution in [0.3, 0.4) is 0 Å². The molecule has 2 fully saturated rings. The first kappa shape index (κ1) is 17.7. The van der Waals surface area contributed by atoms with Gasteiger partial charge in [-0.05, 0) is 49.2 Å². The molecule has 27 heavy (non-hydrogen) atoms. The number of amides is 2. The summed E-state index contributed by atoms with van der Waals surface area (Å²) in [6.07, 6.45) is 3.45. The summed E-state index contributed by atoms with van der Waals surface area (Å²) < 4.78 is 29.7. The van der Waals surface area contributed by atoms with Crippen LogP contribution in [0.1, 0.15) is 25.7 Å². The van der Waals surface area contributed by atoms with Gasteiger partial charge >= 0.3 is 10.1 Å². The lowest BCUT2D eigenvalue weighted by Gasteiger charge is -2.19. The molecule has 1 saturated carbocycles. The quantitative estimate of drug-likeness (QED) is 0.597. The predicted molar refractivity (Wildman–Crippen MR) is 98.6 cm³/mol. The Morgan fingerprint density at radius 2 is 1.37 bits per heavy atom. The maximum atomic E-state index is 12.6. The third-order valence-corrected chi connectivity index (χ3v) is 6.44. The molecule has 4 rings (SSSR count). The lowest BCUT2D eigenvalue weighted by atomic mass is 9.81. The van der Waals surface area contributed by atoms with Gasteiger partial charge < -0.3 is 4.18 Å². The van der Waals surface area contributed by atoms with Crippen molar-refractivity contribution in [1.82, 2.24) is 0 Å². The summed E-state index contributed by atoms with van der Waals surface area (Å²) in [5.74, 6) is -0.633. The first-order chi connectivity index (χ1) is 13.0. The second-order valence-corrected chi connectivity index (χ2v) is 8.40. The van der Waals surface area contributed by atoms with E-state index in [0.717, 1.165) is 25.7 Å². The Morgan fingerprint density at radius 3 is 1.93 bits per heavy atom. The molecule has 1 saturated heterocycles. The number of nitrogens with zero attached hydrogens (tertiary/aromatic N) is 1. The molecule has 6 nitrogen and oxygen atoms in total. The Bertz CT molecular complexity index is 945. The molecule has 0 spiro atoms. The zero-order valence-corrected chi connectivity index (χ0v) is 15.4. The van der Waals surface area contributed by atoms with Gasteiger partial charge in [-0.15, -0.1) is 0 Å². The van der Waals surface area contributed by atoms with Gasteiger partial charge in [-0.3, -0.25) is 14.5 Å². The summed E-state index contributed by atoms with van der Waals surface area (Å²) in [6, 6.07) is 13.9. The Hall–Kier alpha value is -2.67. The van der Waals surface area contributed by atoms with Crippen molar-refractivity contribution in [3.05, 3.63) is 54.6 Å². The van der Waals surface area contributed by atoms with E-state index >= 15 is 0 Å². The lowest BCUT2D eigenvalue weighted by molar-refractivity contribution is -0.122. The Kier molecular flexibility index (Phi) is 4.47. The smallest absolute Gasteiger partial charge is 0.339 e. The molecule has 0 N–H and O–H groups in total. The zero-order chi connectivity index (χ0) is 19.0. The van der Waals surface area contributed by atoms with Crippen LogP contribution in [0.2, 0.25) is 0 Å². The SMILES string of the molecule is O=C1[C@H]2CCCC[C@@H]2C(=O)N1c1ccc(OS(=O)(=O)c2ccccc2)cc1. The van der Waals surface area contributed by atoms with Crippen LogP contribution in [0.5, 0.6) is 5.75 Å². The molecule has 1 heterocycles. The van der Waals surface area contributed by atoms with Gasteiger partial charge in [0.15, 0.2) is 0 Å². The number of imide groups is 1. The number of anilines is 1. The van der Waals surface area contributed by atoms with Crippen LogP contribution in [0.4, 0.5) is 5.69 Å². The van der Waals surface area contributed by atoms with Crippen molar-refractivity contribution in [2.24, 2.45) is 11.8 Å². The van der Waals surface area contributed by atoms with Gasteiger partial charge in [0.2, 0.25) is 11.8 Å². The second-order valence-electron chi connectivity index (χ2n) is 6.85. The fourth-order valence-electron chi connectivity index (χ4n) is 3.83. The van der Waals surface area contributed by atoms with Crippen LogP contribution in [-0.2, 0) is 19.7 Å². The molecule has 0 unspecified atom stereocenters. The molecular formula is C20H19NO5S. The lowest BCUT2D eigenvalue weighted by Crippen LogP contribution is -2.30. The Balaban J connectivity index is 1.54. The van der Waals surface area contributed by atoms with Gasteiger partial charge in [-0.2, -0.15) is 8.42 Å². The normalized spacial score (nSPS) is 22.6. The minimum Gasteiger partial charge on any atom is -0.379 e. The van der Waals surface area contributed by atoms with Crippen molar-refractivity contribution in [1.29, 1.82) is 0 Å². The fourth-order valence-corrected chi connectivity index (χ4v) is 4.78. The number of hydrogen-bond acceptors (Lipinski definition) is 5. The number of carbonyl (C=O) groups excluding carboxylic acids is 2. The zero-order valence-electron chi connectivity index (χ0n) is 14.6. The van der Waals surface area contributed by atoms with E-state index in [4.69, 9.17) is 4.18 Å². The topological polar surface area (TPSA) is 80.8 Å². The highest BCUT2D eigenvalue weighted by Gasteiger charge is 2.48. The van der Waals surface area contributed by atoms with Crippen molar-refractivity contribution < 1.29 is 22.2 Å². The molecule has 2 aromatic rings. The largest absolute Gasteiger partial charge is 0.379 e. The molecule has 1 aliphatic carbocycles. The van der Waals surface area contributed by atoms with Gasteiger partial charge in [-0.1, -0.05) is 31.0 Å². The van der Waals surface area contributed by atoms with Crippen LogP contribution < -0.4 is 9.08 Å². The molecule has 1 aliphatic heterocycles. The maximum Gasteiger partial charge on any atom is 0.339 e. The van der Waals surface area contributed by atoms with Crippen LogP contribution in [0, 0.1) is 11.8 Å². The number of hydrogen-bond donors (Lipinski definition) is 0. The molecule has 140 valence electrons. The summed E-state index contributed by atoms with van der Waals surface area (Å²) in [6.45, 7) is 0. The van der Waals surface area contributed by atoms with Gasteiger partial charge in [0.1, 0.15) is 10.6 Å². The van der Waals surface area contributed by atoms with Crippen LogP contribution >= 0.6 is 0 Å². The van der Waals surface area contributed by atoms with Crippen molar-refractivity contribution in [3.8, 4) is 5.75 Å². The van der Waals surface area contributed by atoms with E-state index in [1.807, 2.05) is 0 Å². The van der Waals surface area contributed by atoms with Gasteiger partial charge in [-0.25, -0.2) is 0 Å². The maximum absolute atomic E-state index is 12.6. The standard InChI is InChI=1S/C20H19NO5S/c22-19-17-8-4-5-9-18(17)20(23)21(19)14-10-12-15(13-11-14)26-27(24,25)16-6-2-1-3-7-16/h1-3,6-7,10-13,17-18H,4-5,8-9H2/t17-,18-/m0/s1. The highest BCUT2D eigenvalue weighted by molar-refractivity contribution is 7.87. The van der Waals surface area contributed by atoms with Crippen LogP contribution in [0.25, 0.3) is 0 Å². The van der Waals surface area contributed by atoms with Crippen molar-refractivity contribution in [2.75, 3.05) is 4.90 Å². The molecule has 2 amide bonds. The summed E-state index contributed by atoms with van der Waals surface area (Å²) in [5, 5.41) is 0. The van der Waals surface area contributed by atoms with Crippen LogP contribution in [0.15, 0.2) is 59.5 Å². The average molecular weight is 385 g/mol. The number of rotatable bonds is 4. The van der Waals surface area contributed by atoms with Gasteiger partial charge in [0.25, 0.3) is 0 Å². The van der Waals surface area contributed by atoms with E-state index in [0.29, 0.717) is 5.69 Å². The van der Waals surface area contributed by atoms with E-state index < -0.39 is 10.1 Å². The number of carbonyl (C=O) groups is 2. The highest BCUT2D eigenvalue weighted by atomic mass is 32.2. The average Bonchev–Trinajstić information content (AvgIpc) is 2.94. The third-order valence-electron chi connectivity index (χ3n) is 5.17. The molecule has 0 bridgehead atoms. The minimum atomic E-state index is -3.93. The summed E-state index contributed by atoms with van der Waals surface area (Å²) in [5.41, 5.74) is 0.448. The molecular weight excluding hydrogens is 366 g/mol. The molecule has 7 heteroatoms. The van der Waals surface area contributed by atoms with Crippen molar-refractivity contribution in [2.45, 2.75) is 30.6 Å². The minimum absolute atomic E-state index is 0.0584. The summed E-state index contributed by atoms with van der Waals surface area (Å²) in [7, 11) is -3.93.